The highest BCUT2D eigenvalue weighted by atomic mass is 127. The van der Waals surface area contributed by atoms with Crippen LogP contribution in [-0.4, -0.2) is 22.2 Å². The molecule has 112 valence electrons. The molecule has 0 spiro atoms. The summed E-state index contributed by atoms with van der Waals surface area (Å²) in [4.78, 5) is 15.6. The van der Waals surface area contributed by atoms with Crippen molar-refractivity contribution in [1.29, 1.82) is 0 Å². The molecule has 0 saturated heterocycles. The van der Waals surface area contributed by atoms with Crippen LogP contribution in [0, 0.1) is 3.57 Å². The van der Waals surface area contributed by atoms with Crippen LogP contribution in [-0.2, 0) is 4.79 Å². The average Bonchev–Trinajstić information content (AvgIpc) is 2.46. The van der Waals surface area contributed by atoms with Gasteiger partial charge < -0.3 is 9.84 Å². The van der Waals surface area contributed by atoms with Crippen LogP contribution in [0.2, 0.25) is 5.02 Å². The van der Waals surface area contributed by atoms with Crippen LogP contribution < -0.4 is 4.74 Å². The normalized spacial score (nSPS) is 12.3. The molecule has 0 bridgehead atoms. The summed E-state index contributed by atoms with van der Waals surface area (Å²) >= 11 is 8.29. The highest BCUT2D eigenvalue weighted by Gasteiger charge is 2.22. The van der Waals surface area contributed by atoms with Crippen LogP contribution in [0.15, 0.2) is 24.4 Å². The number of aliphatic carboxylic acids is 1. The van der Waals surface area contributed by atoms with Crippen molar-refractivity contribution in [3.63, 3.8) is 0 Å². The van der Waals surface area contributed by atoms with Crippen LogP contribution in [0.1, 0.15) is 26.2 Å². The van der Waals surface area contributed by atoms with Crippen molar-refractivity contribution in [2.45, 2.75) is 32.3 Å². The Hall–Kier alpha value is -1.08. The zero-order chi connectivity index (χ0) is 15.4. The molecule has 1 aromatic carbocycles. The van der Waals surface area contributed by atoms with E-state index in [1.807, 2.05) is 13.0 Å². The van der Waals surface area contributed by atoms with Crippen molar-refractivity contribution >= 4 is 51.1 Å². The molecule has 6 heteroatoms. The van der Waals surface area contributed by atoms with E-state index in [1.54, 1.807) is 18.3 Å². The molecule has 21 heavy (non-hydrogen) atoms. The Labute approximate surface area is 141 Å². The first-order chi connectivity index (χ1) is 10.0. The molecule has 0 radical (unpaired) electrons. The number of fused-ring (bicyclic) bond motifs is 1. The van der Waals surface area contributed by atoms with Crippen LogP contribution >= 0.6 is 34.2 Å². The van der Waals surface area contributed by atoms with E-state index in [-0.39, 0.29) is 0 Å². The number of benzene rings is 1. The Bertz CT molecular complexity index is 663. The Morgan fingerprint density at radius 2 is 2.33 bits per heavy atom. The van der Waals surface area contributed by atoms with Gasteiger partial charge in [0.15, 0.2) is 11.9 Å². The summed E-state index contributed by atoms with van der Waals surface area (Å²) in [5.41, 5.74) is 0.595. The zero-order valence-corrected chi connectivity index (χ0v) is 14.4. The summed E-state index contributed by atoms with van der Waals surface area (Å²) in [6.45, 7) is 2.02. The van der Waals surface area contributed by atoms with Gasteiger partial charge >= 0.3 is 5.97 Å². The molecule has 2 aromatic rings. The number of nitrogens with zero attached hydrogens (tertiary/aromatic N) is 1. The molecule has 0 aliphatic heterocycles. The zero-order valence-electron chi connectivity index (χ0n) is 11.5. The van der Waals surface area contributed by atoms with Gasteiger partial charge in [-0.3, -0.25) is 4.98 Å². The molecule has 1 atom stereocenters. The number of aromatic nitrogens is 1. The van der Waals surface area contributed by atoms with Crippen molar-refractivity contribution in [3.05, 3.63) is 33.0 Å². The molecule has 4 nitrogen and oxygen atoms in total. The number of hydrogen-bond acceptors (Lipinski definition) is 3. The third-order valence-corrected chi connectivity index (χ3v) is 4.22. The topological polar surface area (TPSA) is 59.4 Å². The summed E-state index contributed by atoms with van der Waals surface area (Å²) in [6.07, 6.45) is 2.96. The van der Waals surface area contributed by atoms with E-state index in [1.165, 1.54) is 0 Å². The van der Waals surface area contributed by atoms with Crippen molar-refractivity contribution < 1.29 is 14.6 Å². The van der Waals surface area contributed by atoms with E-state index in [0.717, 1.165) is 21.8 Å². The molecular weight excluding hydrogens is 405 g/mol. The number of hydrogen-bond donors (Lipinski definition) is 1. The Kier molecular flexibility index (Phi) is 5.64. The summed E-state index contributed by atoms with van der Waals surface area (Å²) in [5.74, 6) is -0.475. The molecule has 0 aliphatic rings. The first-order valence-corrected chi connectivity index (χ1v) is 8.12. The van der Waals surface area contributed by atoms with E-state index in [0.29, 0.717) is 22.7 Å². The molecular formula is C15H15ClINO3. The minimum Gasteiger partial charge on any atom is -0.479 e. The second-order valence-electron chi connectivity index (χ2n) is 4.66. The monoisotopic (exact) mass is 419 g/mol. The van der Waals surface area contributed by atoms with Gasteiger partial charge in [0.05, 0.1) is 8.59 Å². The van der Waals surface area contributed by atoms with Crippen LogP contribution in [0.5, 0.6) is 5.75 Å². The number of ether oxygens (including phenoxy) is 1. The van der Waals surface area contributed by atoms with Gasteiger partial charge in [0.25, 0.3) is 0 Å². The molecule has 1 unspecified atom stereocenters. The number of halogens is 2. The first kappa shape index (κ1) is 16.3. The molecule has 0 amide bonds. The molecule has 1 aromatic heterocycles. The smallest absolute Gasteiger partial charge is 0.344 e. The van der Waals surface area contributed by atoms with Gasteiger partial charge in [-0.1, -0.05) is 24.9 Å². The second kappa shape index (κ2) is 7.26. The van der Waals surface area contributed by atoms with Crippen LogP contribution in [0.25, 0.3) is 10.9 Å². The predicted molar refractivity (Wildman–Crippen MR) is 91.0 cm³/mol. The average molecular weight is 420 g/mol. The lowest BCUT2D eigenvalue weighted by atomic mass is 10.1. The number of rotatable bonds is 6. The first-order valence-electron chi connectivity index (χ1n) is 6.66. The largest absolute Gasteiger partial charge is 0.479 e. The molecule has 0 saturated carbocycles. The third-order valence-electron chi connectivity index (χ3n) is 3.11. The van der Waals surface area contributed by atoms with Crippen molar-refractivity contribution in [1.82, 2.24) is 4.98 Å². The van der Waals surface area contributed by atoms with Gasteiger partial charge in [0, 0.05) is 11.6 Å². The molecule has 2 rings (SSSR count). The molecule has 0 aliphatic carbocycles. The van der Waals surface area contributed by atoms with E-state index in [4.69, 9.17) is 16.3 Å². The Morgan fingerprint density at radius 3 is 3.00 bits per heavy atom. The van der Waals surface area contributed by atoms with E-state index < -0.39 is 12.1 Å². The highest BCUT2D eigenvalue weighted by molar-refractivity contribution is 14.1. The highest BCUT2D eigenvalue weighted by Crippen LogP contribution is 2.35. The Balaban J connectivity index is 2.43. The van der Waals surface area contributed by atoms with E-state index >= 15 is 0 Å². The number of unbranched alkanes of at least 4 members (excludes halogenated alkanes) is 1. The van der Waals surface area contributed by atoms with Crippen LogP contribution in [0.4, 0.5) is 0 Å². The maximum Gasteiger partial charge on any atom is 0.344 e. The maximum absolute atomic E-state index is 11.4. The van der Waals surface area contributed by atoms with Gasteiger partial charge in [0.2, 0.25) is 0 Å². The fraction of sp³-hybridized carbons (Fsp3) is 0.333. The van der Waals surface area contributed by atoms with E-state index in [9.17, 15) is 9.90 Å². The van der Waals surface area contributed by atoms with Crippen molar-refractivity contribution in [3.8, 4) is 5.75 Å². The van der Waals surface area contributed by atoms with Gasteiger partial charge in [0.1, 0.15) is 5.52 Å². The van der Waals surface area contributed by atoms with E-state index in [2.05, 4.69) is 27.6 Å². The lowest BCUT2D eigenvalue weighted by molar-refractivity contribution is -0.145. The summed E-state index contributed by atoms with van der Waals surface area (Å²) in [7, 11) is 0. The standard InChI is InChI=1S/C15H15ClINO3/c1-2-3-6-12(15(19)20)21-14-11(17)8-10(16)9-5-4-7-18-13(9)14/h4-5,7-8,12H,2-3,6H2,1H3,(H,19,20). The van der Waals surface area contributed by atoms with Crippen molar-refractivity contribution in [2.75, 3.05) is 0 Å². The summed E-state index contributed by atoms with van der Waals surface area (Å²) in [5, 5.41) is 10.6. The summed E-state index contributed by atoms with van der Waals surface area (Å²) in [6, 6.07) is 5.40. The van der Waals surface area contributed by atoms with Crippen LogP contribution in [0.3, 0.4) is 0 Å². The van der Waals surface area contributed by atoms with Gasteiger partial charge in [-0.05, 0) is 53.6 Å². The minimum absolute atomic E-state index is 0.471. The minimum atomic E-state index is -0.960. The van der Waals surface area contributed by atoms with Crippen molar-refractivity contribution in [2.24, 2.45) is 0 Å². The predicted octanol–water partition coefficient (Wildman–Crippen LogP) is 4.52. The fourth-order valence-electron chi connectivity index (χ4n) is 2.02. The molecule has 1 N–H and O–H groups in total. The summed E-state index contributed by atoms with van der Waals surface area (Å²) < 4.78 is 6.50. The molecule has 1 heterocycles. The van der Waals surface area contributed by atoms with Gasteiger partial charge in [-0.15, -0.1) is 0 Å². The second-order valence-corrected chi connectivity index (χ2v) is 6.23. The quantitative estimate of drug-likeness (QED) is 0.700. The number of carbonyl (C=O) groups is 1. The molecule has 0 fully saturated rings. The lowest BCUT2D eigenvalue weighted by Crippen LogP contribution is -2.27. The Morgan fingerprint density at radius 1 is 1.57 bits per heavy atom. The fourth-order valence-corrected chi connectivity index (χ4v) is 3.16. The lowest BCUT2D eigenvalue weighted by Gasteiger charge is -2.17. The van der Waals surface area contributed by atoms with Gasteiger partial charge in [-0.25, -0.2) is 4.79 Å². The number of carboxylic acid groups (broad SMARTS) is 1. The number of carboxylic acids is 1. The number of pyridine rings is 1. The SMILES string of the molecule is CCCCC(Oc1c(I)cc(Cl)c2cccnc12)C(=O)O. The third kappa shape index (κ3) is 3.77. The van der Waals surface area contributed by atoms with Gasteiger partial charge in [-0.2, -0.15) is 0 Å². The maximum atomic E-state index is 11.4.